The third-order valence-electron chi connectivity index (χ3n) is 4.30. The van der Waals surface area contributed by atoms with Crippen LogP contribution in [0.1, 0.15) is 0 Å². The summed E-state index contributed by atoms with van der Waals surface area (Å²) in [6.45, 7) is 4.21. The minimum Gasteiger partial charge on any atom is -0.360 e. The highest BCUT2D eigenvalue weighted by Crippen LogP contribution is 2.26. The van der Waals surface area contributed by atoms with Crippen molar-refractivity contribution in [1.29, 1.82) is 0 Å². The molecule has 8 heteroatoms. The third kappa shape index (κ3) is 4.39. The van der Waals surface area contributed by atoms with Crippen molar-refractivity contribution in [3.8, 4) is 0 Å². The number of hydrogen-bond acceptors (Lipinski definition) is 3. The second-order valence-electron chi connectivity index (χ2n) is 6.17. The minimum absolute atomic E-state index is 0.0769. The largest absolute Gasteiger partial charge is 0.360 e. The first-order valence-electron chi connectivity index (χ1n) is 7.99. The lowest BCUT2D eigenvalue weighted by molar-refractivity contribution is -0.880. The molecule has 3 rings (SSSR count). The molecular weight excluding hydrogens is 381 g/mol. The first kappa shape index (κ1) is 18.3. The van der Waals surface area contributed by atoms with Crippen molar-refractivity contribution in [3.63, 3.8) is 0 Å². The molecule has 25 heavy (non-hydrogen) atoms. The van der Waals surface area contributed by atoms with Gasteiger partial charge in [-0.2, -0.15) is 0 Å². The quantitative estimate of drug-likeness (QED) is 0.826. The maximum atomic E-state index is 12.5. The summed E-state index contributed by atoms with van der Waals surface area (Å²) >= 11 is 11.7. The molecule has 0 atom stereocenters. The monoisotopic (exact) mass is 400 g/mol. The molecule has 2 aromatic carbocycles. The van der Waals surface area contributed by atoms with Crippen molar-refractivity contribution in [1.82, 2.24) is 0 Å². The number of rotatable bonds is 4. The van der Waals surface area contributed by atoms with E-state index in [1.165, 1.54) is 23.1 Å². The molecule has 0 unspecified atom stereocenters. The lowest BCUT2D eigenvalue weighted by Crippen LogP contribution is -3.12. The van der Waals surface area contributed by atoms with Crippen molar-refractivity contribution in [2.45, 2.75) is 4.90 Å². The molecule has 0 aromatic heterocycles. The average Bonchev–Trinajstić information content (AvgIpc) is 2.58. The number of benzene rings is 2. The van der Waals surface area contributed by atoms with Crippen LogP contribution in [0.3, 0.4) is 0 Å². The maximum absolute atomic E-state index is 12.5. The van der Waals surface area contributed by atoms with E-state index in [0.29, 0.717) is 10.7 Å². The van der Waals surface area contributed by atoms with Gasteiger partial charge in [0.2, 0.25) is 0 Å². The van der Waals surface area contributed by atoms with E-state index >= 15 is 0 Å². The molecule has 1 aliphatic heterocycles. The Morgan fingerprint density at radius 3 is 2.24 bits per heavy atom. The Kier molecular flexibility index (Phi) is 5.43. The van der Waals surface area contributed by atoms with E-state index in [4.69, 9.17) is 23.2 Å². The highest BCUT2D eigenvalue weighted by atomic mass is 35.5. The Hall–Kier alpha value is -1.47. The first-order valence-corrected chi connectivity index (χ1v) is 10.2. The molecule has 0 amide bonds. The number of piperazine rings is 1. The number of nitrogens with one attached hydrogen (secondary N) is 2. The molecule has 0 aliphatic carbocycles. The van der Waals surface area contributed by atoms with Crippen LogP contribution >= 0.6 is 23.2 Å². The fraction of sp³-hybridized carbons (Fsp3) is 0.294. The van der Waals surface area contributed by atoms with Gasteiger partial charge in [-0.3, -0.25) is 4.72 Å². The van der Waals surface area contributed by atoms with Gasteiger partial charge in [-0.1, -0.05) is 23.2 Å². The van der Waals surface area contributed by atoms with Gasteiger partial charge >= 0.3 is 0 Å². The standard InChI is InChI=1S/C17H19Cl2N3O2S/c1-21-8-10-22(11-9-21)14-4-2-13(3-5-14)20-25(23,24)15-6-7-16(18)17(19)12-15/h2-7,12,20H,8-11H2,1H3/p+1. The van der Waals surface area contributed by atoms with Gasteiger partial charge in [-0.05, 0) is 42.5 Å². The van der Waals surface area contributed by atoms with Gasteiger partial charge in [0.05, 0.1) is 48.2 Å². The molecule has 0 spiro atoms. The summed E-state index contributed by atoms with van der Waals surface area (Å²) in [6.07, 6.45) is 0. The zero-order valence-electron chi connectivity index (χ0n) is 13.8. The summed E-state index contributed by atoms with van der Waals surface area (Å²) in [5.41, 5.74) is 1.61. The highest BCUT2D eigenvalue weighted by Gasteiger charge is 2.18. The Labute approximate surface area is 158 Å². The van der Waals surface area contributed by atoms with Crippen LogP contribution in [-0.2, 0) is 10.0 Å². The summed E-state index contributed by atoms with van der Waals surface area (Å²) in [4.78, 5) is 3.92. The minimum atomic E-state index is -3.71. The van der Waals surface area contributed by atoms with Gasteiger partial charge in [0.25, 0.3) is 10.0 Å². The smallest absolute Gasteiger partial charge is 0.261 e. The van der Waals surface area contributed by atoms with Crippen LogP contribution in [0.25, 0.3) is 0 Å². The van der Waals surface area contributed by atoms with Gasteiger partial charge in [0, 0.05) is 11.4 Å². The van der Waals surface area contributed by atoms with Crippen LogP contribution in [0.5, 0.6) is 0 Å². The van der Waals surface area contributed by atoms with Crippen LogP contribution < -0.4 is 14.5 Å². The van der Waals surface area contributed by atoms with Gasteiger partial charge in [-0.25, -0.2) is 8.42 Å². The van der Waals surface area contributed by atoms with Crippen LogP contribution in [-0.4, -0.2) is 41.6 Å². The van der Waals surface area contributed by atoms with Crippen LogP contribution in [0.2, 0.25) is 10.0 Å². The molecule has 2 N–H and O–H groups in total. The number of likely N-dealkylation sites (N-methyl/N-ethyl adjacent to an activating group) is 1. The molecule has 0 bridgehead atoms. The molecule has 1 saturated heterocycles. The molecular formula is C17H20Cl2N3O2S+. The number of sulfonamides is 1. The second kappa shape index (κ2) is 7.41. The van der Waals surface area contributed by atoms with Gasteiger partial charge in [0.1, 0.15) is 0 Å². The summed E-state index contributed by atoms with van der Waals surface area (Å²) in [7, 11) is -1.51. The van der Waals surface area contributed by atoms with Crippen LogP contribution in [0.4, 0.5) is 11.4 Å². The van der Waals surface area contributed by atoms with E-state index in [2.05, 4.69) is 16.7 Å². The Balaban J connectivity index is 1.73. The zero-order chi connectivity index (χ0) is 18.0. The molecule has 0 saturated carbocycles. The van der Waals surface area contributed by atoms with Gasteiger partial charge < -0.3 is 9.80 Å². The van der Waals surface area contributed by atoms with E-state index in [1.54, 1.807) is 12.1 Å². The molecule has 0 radical (unpaired) electrons. The third-order valence-corrected chi connectivity index (χ3v) is 6.42. The Morgan fingerprint density at radius 1 is 1.00 bits per heavy atom. The molecule has 1 aliphatic rings. The van der Waals surface area contributed by atoms with Crippen molar-refractivity contribution < 1.29 is 13.3 Å². The summed E-state index contributed by atoms with van der Waals surface area (Å²) in [5.74, 6) is 0. The maximum Gasteiger partial charge on any atom is 0.261 e. The summed E-state index contributed by atoms with van der Waals surface area (Å²) in [6, 6.07) is 11.7. The molecule has 5 nitrogen and oxygen atoms in total. The van der Waals surface area contributed by atoms with Crippen LogP contribution in [0.15, 0.2) is 47.4 Å². The fourth-order valence-electron chi connectivity index (χ4n) is 2.75. The number of nitrogens with zero attached hydrogens (tertiary/aromatic N) is 1. The van der Waals surface area contributed by atoms with E-state index in [1.807, 2.05) is 12.1 Å². The zero-order valence-corrected chi connectivity index (χ0v) is 16.1. The lowest BCUT2D eigenvalue weighted by atomic mass is 10.2. The lowest BCUT2D eigenvalue weighted by Gasteiger charge is -2.31. The van der Waals surface area contributed by atoms with Crippen molar-refractivity contribution >= 4 is 44.6 Å². The number of quaternary nitrogens is 1. The summed E-state index contributed by atoms with van der Waals surface area (Å²) in [5, 5.41) is 0.524. The van der Waals surface area contributed by atoms with Crippen molar-refractivity contribution in [2.24, 2.45) is 0 Å². The predicted molar refractivity (Wildman–Crippen MR) is 103 cm³/mol. The molecule has 2 aromatic rings. The molecule has 1 fully saturated rings. The topological polar surface area (TPSA) is 53.9 Å². The van der Waals surface area contributed by atoms with E-state index < -0.39 is 10.0 Å². The molecule has 1 heterocycles. The van der Waals surface area contributed by atoms with E-state index in [0.717, 1.165) is 31.9 Å². The predicted octanol–water partition coefficient (Wildman–Crippen LogP) is 2.13. The Morgan fingerprint density at radius 2 is 1.64 bits per heavy atom. The number of anilines is 2. The average molecular weight is 401 g/mol. The fourth-order valence-corrected chi connectivity index (χ4v) is 4.19. The summed E-state index contributed by atoms with van der Waals surface area (Å²) < 4.78 is 27.5. The van der Waals surface area contributed by atoms with E-state index in [9.17, 15) is 8.42 Å². The van der Waals surface area contributed by atoms with Crippen molar-refractivity contribution in [2.75, 3.05) is 42.8 Å². The normalized spacial score (nSPS) is 16.0. The molecule has 134 valence electrons. The second-order valence-corrected chi connectivity index (χ2v) is 8.67. The SMILES string of the molecule is C[NH+]1CCN(c2ccc(NS(=O)(=O)c3ccc(Cl)c(Cl)c3)cc2)CC1. The van der Waals surface area contributed by atoms with Crippen LogP contribution in [0, 0.1) is 0 Å². The number of hydrogen-bond donors (Lipinski definition) is 2. The highest BCUT2D eigenvalue weighted by molar-refractivity contribution is 7.92. The van der Waals surface area contributed by atoms with Gasteiger partial charge in [0.15, 0.2) is 0 Å². The van der Waals surface area contributed by atoms with Crippen molar-refractivity contribution in [3.05, 3.63) is 52.5 Å². The first-order chi connectivity index (χ1) is 11.8. The Bertz CT molecular complexity index is 849. The van der Waals surface area contributed by atoms with Gasteiger partial charge in [-0.15, -0.1) is 0 Å². The van der Waals surface area contributed by atoms with E-state index in [-0.39, 0.29) is 9.92 Å². The number of halogens is 2.